The van der Waals surface area contributed by atoms with Crippen LogP contribution in [-0.4, -0.2) is 26.7 Å². The standard InChI is InChI=1S/C28H23N5O2/c1-18-10-20(26-21(11-18)15-34-17-35-26)14-31-28-25-23(19-6-3-2-4-7-19)8-5-9-24(25)32-27(33-28)22-12-29-16-30-13-22/h2-13,16H,14-15,17H2,1H3,(H,31,32,33). The number of aryl methyl sites for hydroxylation is 1. The Morgan fingerprint density at radius 3 is 2.63 bits per heavy atom. The van der Waals surface area contributed by atoms with Crippen LogP contribution < -0.4 is 10.1 Å². The molecule has 0 unspecified atom stereocenters. The molecule has 172 valence electrons. The fourth-order valence-electron chi connectivity index (χ4n) is 4.50. The Bertz CT molecular complexity index is 1510. The molecule has 7 nitrogen and oxygen atoms in total. The highest BCUT2D eigenvalue weighted by molar-refractivity contribution is 6.02. The lowest BCUT2D eigenvalue weighted by atomic mass is 10.0. The average molecular weight is 462 g/mol. The van der Waals surface area contributed by atoms with E-state index in [1.165, 1.54) is 6.33 Å². The summed E-state index contributed by atoms with van der Waals surface area (Å²) >= 11 is 0. The van der Waals surface area contributed by atoms with Gasteiger partial charge in [0, 0.05) is 30.1 Å². The molecule has 0 saturated heterocycles. The number of fused-ring (bicyclic) bond motifs is 2. The van der Waals surface area contributed by atoms with Crippen LogP contribution in [0.4, 0.5) is 5.82 Å². The molecule has 0 amide bonds. The summed E-state index contributed by atoms with van der Waals surface area (Å²) in [5, 5.41) is 4.55. The minimum Gasteiger partial charge on any atom is -0.467 e. The molecule has 0 saturated carbocycles. The third-order valence-electron chi connectivity index (χ3n) is 6.00. The lowest BCUT2D eigenvalue weighted by molar-refractivity contribution is -0.0170. The Labute approximate surface area is 202 Å². The van der Waals surface area contributed by atoms with Gasteiger partial charge in [-0.1, -0.05) is 60.2 Å². The van der Waals surface area contributed by atoms with Gasteiger partial charge in [0.2, 0.25) is 0 Å². The van der Waals surface area contributed by atoms with Crippen molar-refractivity contribution in [3.05, 3.63) is 96.1 Å². The van der Waals surface area contributed by atoms with Crippen molar-refractivity contribution in [2.75, 3.05) is 12.1 Å². The molecule has 0 bridgehead atoms. The van der Waals surface area contributed by atoms with E-state index < -0.39 is 0 Å². The molecule has 0 aliphatic carbocycles. The van der Waals surface area contributed by atoms with E-state index in [1.807, 2.05) is 30.3 Å². The van der Waals surface area contributed by atoms with Gasteiger partial charge in [-0.25, -0.2) is 19.9 Å². The summed E-state index contributed by atoms with van der Waals surface area (Å²) in [5.41, 5.74) is 7.07. The van der Waals surface area contributed by atoms with Crippen LogP contribution in [0.15, 0.2) is 79.4 Å². The van der Waals surface area contributed by atoms with Crippen LogP contribution in [0.3, 0.4) is 0 Å². The Morgan fingerprint density at radius 1 is 0.914 bits per heavy atom. The van der Waals surface area contributed by atoms with Crippen LogP contribution in [0.1, 0.15) is 16.7 Å². The summed E-state index contributed by atoms with van der Waals surface area (Å²) in [6.45, 7) is 3.44. The number of hydrogen-bond donors (Lipinski definition) is 1. The Kier molecular flexibility index (Phi) is 5.52. The molecule has 3 heterocycles. The highest BCUT2D eigenvalue weighted by atomic mass is 16.7. The fourth-order valence-corrected chi connectivity index (χ4v) is 4.50. The van der Waals surface area contributed by atoms with Crippen molar-refractivity contribution in [1.29, 1.82) is 0 Å². The summed E-state index contributed by atoms with van der Waals surface area (Å²) in [6, 6.07) is 20.7. The zero-order valence-electron chi connectivity index (χ0n) is 19.2. The van der Waals surface area contributed by atoms with Gasteiger partial charge >= 0.3 is 0 Å². The molecule has 0 fully saturated rings. The molecule has 6 rings (SSSR count). The SMILES string of the molecule is Cc1cc(CNc2nc(-c3cncnc3)nc3cccc(-c4ccccc4)c23)c2c(c1)COCO2. The van der Waals surface area contributed by atoms with Crippen molar-refractivity contribution in [3.8, 4) is 28.3 Å². The fraction of sp³-hybridized carbons (Fsp3) is 0.143. The zero-order valence-corrected chi connectivity index (χ0v) is 19.2. The van der Waals surface area contributed by atoms with E-state index >= 15 is 0 Å². The van der Waals surface area contributed by atoms with Gasteiger partial charge < -0.3 is 14.8 Å². The minimum atomic E-state index is 0.260. The second kappa shape index (κ2) is 9.12. The molecule has 0 atom stereocenters. The second-order valence-corrected chi connectivity index (χ2v) is 8.47. The van der Waals surface area contributed by atoms with E-state index in [0.717, 1.165) is 55.9 Å². The van der Waals surface area contributed by atoms with Crippen LogP contribution in [0.5, 0.6) is 5.75 Å². The van der Waals surface area contributed by atoms with Gasteiger partial charge in [-0.3, -0.25) is 0 Å². The van der Waals surface area contributed by atoms with Crippen LogP contribution in [0.2, 0.25) is 0 Å². The van der Waals surface area contributed by atoms with Gasteiger partial charge in [-0.05, 0) is 24.1 Å². The largest absolute Gasteiger partial charge is 0.467 e. The predicted octanol–water partition coefficient (Wildman–Crippen LogP) is 5.54. The van der Waals surface area contributed by atoms with E-state index in [2.05, 4.69) is 52.5 Å². The number of benzene rings is 3. The zero-order chi connectivity index (χ0) is 23.6. The average Bonchev–Trinajstić information content (AvgIpc) is 2.92. The number of rotatable bonds is 5. The van der Waals surface area contributed by atoms with Gasteiger partial charge in [0.25, 0.3) is 0 Å². The first kappa shape index (κ1) is 21.2. The van der Waals surface area contributed by atoms with Crippen molar-refractivity contribution in [1.82, 2.24) is 19.9 Å². The summed E-state index contributed by atoms with van der Waals surface area (Å²) in [7, 11) is 0. The van der Waals surface area contributed by atoms with Crippen molar-refractivity contribution in [2.45, 2.75) is 20.1 Å². The number of aromatic nitrogens is 4. The van der Waals surface area contributed by atoms with Gasteiger partial charge in [0.1, 0.15) is 17.9 Å². The van der Waals surface area contributed by atoms with Crippen molar-refractivity contribution < 1.29 is 9.47 Å². The summed E-state index contributed by atoms with van der Waals surface area (Å²) in [6.07, 6.45) is 4.95. The van der Waals surface area contributed by atoms with Crippen LogP contribution in [0.25, 0.3) is 33.4 Å². The van der Waals surface area contributed by atoms with Crippen LogP contribution in [-0.2, 0) is 17.9 Å². The summed E-state index contributed by atoms with van der Waals surface area (Å²) < 4.78 is 11.3. The second-order valence-electron chi connectivity index (χ2n) is 8.47. The maximum atomic E-state index is 5.86. The molecular formula is C28H23N5O2. The number of anilines is 1. The number of hydrogen-bond acceptors (Lipinski definition) is 7. The molecular weight excluding hydrogens is 438 g/mol. The van der Waals surface area contributed by atoms with Gasteiger partial charge in [0.05, 0.1) is 23.1 Å². The molecule has 0 spiro atoms. The van der Waals surface area contributed by atoms with E-state index in [4.69, 9.17) is 19.4 Å². The van der Waals surface area contributed by atoms with Gasteiger partial charge in [0.15, 0.2) is 12.6 Å². The van der Waals surface area contributed by atoms with Crippen molar-refractivity contribution >= 4 is 16.7 Å². The van der Waals surface area contributed by atoms with Crippen LogP contribution >= 0.6 is 0 Å². The third-order valence-corrected chi connectivity index (χ3v) is 6.00. The third kappa shape index (κ3) is 4.18. The molecule has 5 aromatic rings. The van der Waals surface area contributed by atoms with Crippen molar-refractivity contribution in [3.63, 3.8) is 0 Å². The van der Waals surface area contributed by atoms with Gasteiger partial charge in [-0.15, -0.1) is 0 Å². The van der Waals surface area contributed by atoms with Gasteiger partial charge in [-0.2, -0.15) is 0 Å². The highest BCUT2D eigenvalue weighted by Gasteiger charge is 2.18. The Balaban J connectivity index is 1.49. The molecule has 2 aromatic heterocycles. The summed E-state index contributed by atoms with van der Waals surface area (Å²) in [4.78, 5) is 18.1. The first-order chi connectivity index (χ1) is 17.3. The van der Waals surface area contributed by atoms with Crippen molar-refractivity contribution in [2.24, 2.45) is 0 Å². The molecule has 35 heavy (non-hydrogen) atoms. The maximum Gasteiger partial charge on any atom is 0.189 e. The molecule has 0 radical (unpaired) electrons. The Hall–Kier alpha value is -4.36. The maximum absolute atomic E-state index is 5.86. The van der Waals surface area contributed by atoms with E-state index in [1.54, 1.807) is 12.4 Å². The first-order valence-electron chi connectivity index (χ1n) is 11.4. The highest BCUT2D eigenvalue weighted by Crippen LogP contribution is 2.35. The number of ether oxygens (including phenoxy) is 2. The lowest BCUT2D eigenvalue weighted by Crippen LogP contribution is -2.15. The topological polar surface area (TPSA) is 82.1 Å². The quantitative estimate of drug-likeness (QED) is 0.368. The number of nitrogens with one attached hydrogen (secondary N) is 1. The molecule has 1 aliphatic rings. The van der Waals surface area contributed by atoms with E-state index in [0.29, 0.717) is 19.0 Å². The molecule has 1 aliphatic heterocycles. The van der Waals surface area contributed by atoms with Crippen LogP contribution in [0, 0.1) is 6.92 Å². The molecule has 3 aromatic carbocycles. The lowest BCUT2D eigenvalue weighted by Gasteiger charge is -2.22. The number of nitrogens with zero attached hydrogens (tertiary/aromatic N) is 4. The molecule has 7 heteroatoms. The molecule has 1 N–H and O–H groups in total. The van der Waals surface area contributed by atoms with E-state index in [-0.39, 0.29) is 6.79 Å². The Morgan fingerprint density at radius 2 is 1.77 bits per heavy atom. The van der Waals surface area contributed by atoms with E-state index in [9.17, 15) is 0 Å². The smallest absolute Gasteiger partial charge is 0.189 e. The normalized spacial score (nSPS) is 12.7. The first-order valence-corrected chi connectivity index (χ1v) is 11.4. The summed E-state index contributed by atoms with van der Waals surface area (Å²) in [5.74, 6) is 2.20. The minimum absolute atomic E-state index is 0.260. The predicted molar refractivity (Wildman–Crippen MR) is 135 cm³/mol. The monoisotopic (exact) mass is 461 g/mol.